The molecular formula is C22H23ClN2OS. The van der Waals surface area contributed by atoms with Crippen LogP contribution >= 0.6 is 23.7 Å². The number of hydrogen-bond donors (Lipinski definition) is 0. The van der Waals surface area contributed by atoms with Gasteiger partial charge in [-0.05, 0) is 42.4 Å². The maximum absolute atomic E-state index is 12.0. The molecule has 0 N–H and O–H groups in total. The summed E-state index contributed by atoms with van der Waals surface area (Å²) < 4.78 is 0. The zero-order valence-electron chi connectivity index (χ0n) is 15.5. The molecule has 1 amide bonds. The van der Waals surface area contributed by atoms with Gasteiger partial charge in [-0.3, -0.25) is 4.79 Å². The first-order valence-electron chi connectivity index (χ1n) is 9.49. The monoisotopic (exact) mass is 398 g/mol. The number of rotatable bonds is 1. The van der Waals surface area contributed by atoms with E-state index in [0.29, 0.717) is 6.54 Å². The maximum atomic E-state index is 12.0. The van der Waals surface area contributed by atoms with Gasteiger partial charge in [-0.25, -0.2) is 4.98 Å². The number of halogens is 1. The van der Waals surface area contributed by atoms with Gasteiger partial charge in [0, 0.05) is 48.0 Å². The average Bonchev–Trinajstić information content (AvgIpc) is 3.04. The van der Waals surface area contributed by atoms with Crippen molar-refractivity contribution >= 4 is 39.9 Å². The van der Waals surface area contributed by atoms with E-state index in [4.69, 9.17) is 4.98 Å². The molecule has 0 fully saturated rings. The van der Waals surface area contributed by atoms with E-state index < -0.39 is 0 Å². The second kappa shape index (κ2) is 7.25. The molecule has 0 bridgehead atoms. The Balaban J connectivity index is 0.00000180. The molecule has 3 aromatic rings. The van der Waals surface area contributed by atoms with Crippen LogP contribution in [0.1, 0.15) is 41.5 Å². The lowest BCUT2D eigenvalue weighted by Gasteiger charge is -2.29. The van der Waals surface area contributed by atoms with Gasteiger partial charge in [0.25, 0.3) is 0 Å². The number of pyridine rings is 1. The third kappa shape index (κ3) is 3.05. The number of fused-ring (bicyclic) bond motifs is 4. The maximum Gasteiger partial charge on any atom is 0.219 e. The molecule has 2 aromatic heterocycles. The third-order valence-corrected chi connectivity index (χ3v) is 6.95. The summed E-state index contributed by atoms with van der Waals surface area (Å²) >= 11 is 1.90. The summed E-state index contributed by atoms with van der Waals surface area (Å²) in [6.07, 6.45) is 5.76. The van der Waals surface area contributed by atoms with Crippen molar-refractivity contribution in [3.8, 4) is 11.1 Å². The second-order valence-corrected chi connectivity index (χ2v) is 8.44. The third-order valence-electron chi connectivity index (χ3n) is 5.76. The van der Waals surface area contributed by atoms with Crippen LogP contribution in [0.3, 0.4) is 0 Å². The molecule has 0 saturated heterocycles. The number of benzene rings is 1. The summed E-state index contributed by atoms with van der Waals surface area (Å²) in [5.41, 5.74) is 6.55. The summed E-state index contributed by atoms with van der Waals surface area (Å²) in [5.74, 6) is 0.155. The van der Waals surface area contributed by atoms with Crippen molar-refractivity contribution in [2.75, 3.05) is 6.54 Å². The van der Waals surface area contributed by atoms with Crippen molar-refractivity contribution in [1.82, 2.24) is 9.88 Å². The first kappa shape index (κ1) is 18.5. The van der Waals surface area contributed by atoms with Gasteiger partial charge in [-0.2, -0.15) is 0 Å². The highest BCUT2D eigenvalue weighted by Crippen LogP contribution is 2.44. The van der Waals surface area contributed by atoms with E-state index >= 15 is 0 Å². The Morgan fingerprint density at radius 2 is 1.85 bits per heavy atom. The molecular weight excluding hydrogens is 376 g/mol. The van der Waals surface area contributed by atoms with Gasteiger partial charge in [0.05, 0.1) is 0 Å². The predicted molar refractivity (Wildman–Crippen MR) is 114 cm³/mol. The lowest BCUT2D eigenvalue weighted by atomic mass is 9.88. The minimum Gasteiger partial charge on any atom is -0.338 e. The second-order valence-electron chi connectivity index (χ2n) is 7.36. The number of carbonyl (C=O) groups excluding carboxylic acids is 1. The van der Waals surface area contributed by atoms with Crippen LogP contribution in [0.2, 0.25) is 0 Å². The van der Waals surface area contributed by atoms with E-state index in [1.54, 1.807) is 6.92 Å². The normalized spacial score (nSPS) is 15.8. The summed E-state index contributed by atoms with van der Waals surface area (Å²) in [6.45, 7) is 3.13. The number of nitrogens with zero attached hydrogens (tertiary/aromatic N) is 2. The van der Waals surface area contributed by atoms with E-state index in [1.807, 2.05) is 16.2 Å². The van der Waals surface area contributed by atoms with Gasteiger partial charge in [-0.15, -0.1) is 23.7 Å². The van der Waals surface area contributed by atoms with E-state index in [0.717, 1.165) is 19.4 Å². The van der Waals surface area contributed by atoms with E-state index in [9.17, 15) is 4.79 Å². The van der Waals surface area contributed by atoms with Crippen molar-refractivity contribution in [2.24, 2.45) is 0 Å². The molecule has 3 nitrogen and oxygen atoms in total. The Kier molecular flexibility index (Phi) is 4.95. The summed E-state index contributed by atoms with van der Waals surface area (Å²) in [5, 5.41) is 1.36. The van der Waals surface area contributed by atoms with Crippen LogP contribution in [-0.2, 0) is 30.6 Å². The molecule has 0 unspecified atom stereocenters. The molecule has 1 aliphatic carbocycles. The molecule has 1 aromatic carbocycles. The Morgan fingerprint density at radius 1 is 1.07 bits per heavy atom. The van der Waals surface area contributed by atoms with Crippen molar-refractivity contribution in [3.05, 3.63) is 52.0 Å². The zero-order chi connectivity index (χ0) is 17.7. The van der Waals surface area contributed by atoms with Gasteiger partial charge in [0.1, 0.15) is 4.83 Å². The first-order valence-corrected chi connectivity index (χ1v) is 10.3. The molecule has 0 spiro atoms. The Bertz CT molecular complexity index is 1010. The lowest BCUT2D eigenvalue weighted by Crippen LogP contribution is -2.35. The standard InChI is InChI=1S/C22H22N2OS.ClH/c1-14(25)24-12-11-18-17(13-24)20(15-7-3-2-4-8-15)21-16-9-5-6-10-19(16)26-22(21)23-18;/h2-4,7-8H,5-6,9-13H2,1H3;1H. The number of amides is 1. The highest BCUT2D eigenvalue weighted by molar-refractivity contribution is 7.19. The van der Waals surface area contributed by atoms with Gasteiger partial charge in [0.2, 0.25) is 5.91 Å². The predicted octanol–water partition coefficient (Wildman–Crippen LogP) is 5.17. The van der Waals surface area contributed by atoms with Crippen LogP contribution < -0.4 is 0 Å². The Labute approximate surface area is 169 Å². The molecule has 5 heteroatoms. The van der Waals surface area contributed by atoms with Gasteiger partial charge < -0.3 is 4.90 Å². The number of aromatic nitrogens is 1. The molecule has 0 atom stereocenters. The molecule has 1 aliphatic heterocycles. The smallest absolute Gasteiger partial charge is 0.219 e. The van der Waals surface area contributed by atoms with E-state index in [2.05, 4.69) is 30.3 Å². The molecule has 2 aliphatic rings. The topological polar surface area (TPSA) is 33.2 Å². The van der Waals surface area contributed by atoms with Crippen molar-refractivity contribution in [1.29, 1.82) is 0 Å². The number of hydrogen-bond acceptors (Lipinski definition) is 3. The quantitative estimate of drug-likeness (QED) is 0.566. The summed E-state index contributed by atoms with van der Waals surface area (Å²) in [4.78, 5) is 21.8. The van der Waals surface area contributed by atoms with Crippen LogP contribution in [0.5, 0.6) is 0 Å². The molecule has 27 heavy (non-hydrogen) atoms. The van der Waals surface area contributed by atoms with Crippen molar-refractivity contribution in [2.45, 2.75) is 45.6 Å². The van der Waals surface area contributed by atoms with Crippen LogP contribution in [0.4, 0.5) is 0 Å². The molecule has 0 saturated carbocycles. The summed E-state index contributed by atoms with van der Waals surface area (Å²) in [7, 11) is 0. The number of aryl methyl sites for hydroxylation is 2. The fraction of sp³-hybridized carbons (Fsp3) is 0.364. The number of thiophene rings is 1. The van der Waals surface area contributed by atoms with Crippen molar-refractivity contribution in [3.63, 3.8) is 0 Å². The molecule has 3 heterocycles. The summed E-state index contributed by atoms with van der Waals surface area (Å²) in [6, 6.07) is 10.7. The van der Waals surface area contributed by atoms with Crippen LogP contribution in [0, 0.1) is 0 Å². The number of carbonyl (C=O) groups is 1. The van der Waals surface area contributed by atoms with Crippen LogP contribution in [-0.4, -0.2) is 22.3 Å². The first-order chi connectivity index (χ1) is 12.7. The minimum atomic E-state index is 0. The fourth-order valence-corrected chi connectivity index (χ4v) is 5.74. The van der Waals surface area contributed by atoms with Gasteiger partial charge in [0.15, 0.2) is 0 Å². The van der Waals surface area contributed by atoms with Gasteiger partial charge in [-0.1, -0.05) is 30.3 Å². The largest absolute Gasteiger partial charge is 0.338 e. The van der Waals surface area contributed by atoms with Crippen molar-refractivity contribution < 1.29 is 4.79 Å². The van der Waals surface area contributed by atoms with Crippen LogP contribution in [0.25, 0.3) is 21.3 Å². The lowest BCUT2D eigenvalue weighted by molar-refractivity contribution is -0.129. The highest BCUT2D eigenvalue weighted by atomic mass is 35.5. The Morgan fingerprint density at radius 3 is 2.63 bits per heavy atom. The Hall–Kier alpha value is -1.91. The molecule has 5 rings (SSSR count). The van der Waals surface area contributed by atoms with E-state index in [1.165, 1.54) is 62.3 Å². The zero-order valence-corrected chi connectivity index (χ0v) is 17.1. The average molecular weight is 399 g/mol. The SMILES string of the molecule is CC(=O)N1CCc2nc3sc4c(c3c(-c3ccccc3)c2C1)CCCC4.Cl. The minimum absolute atomic E-state index is 0. The van der Waals surface area contributed by atoms with Crippen LogP contribution in [0.15, 0.2) is 30.3 Å². The fourth-order valence-electron chi connectivity index (χ4n) is 4.45. The molecule has 140 valence electrons. The van der Waals surface area contributed by atoms with E-state index in [-0.39, 0.29) is 18.3 Å². The molecule has 0 radical (unpaired) electrons. The highest BCUT2D eigenvalue weighted by Gasteiger charge is 2.28. The van der Waals surface area contributed by atoms with Gasteiger partial charge >= 0.3 is 0 Å².